The molecule has 1 aromatic carbocycles. The first-order valence-corrected chi connectivity index (χ1v) is 8.97. The maximum absolute atomic E-state index is 12.1. The van der Waals surface area contributed by atoms with Gasteiger partial charge in [-0.2, -0.15) is 4.40 Å². The molecule has 1 unspecified atom stereocenters. The van der Waals surface area contributed by atoms with Crippen molar-refractivity contribution in [3.8, 4) is 0 Å². The van der Waals surface area contributed by atoms with E-state index in [0.717, 1.165) is 10.6 Å². The molecule has 2 heterocycles. The number of aromatic nitrogens is 1. The molecule has 1 amide bonds. The number of amides is 1. The number of nitrogens with zero attached hydrogens (tertiary/aromatic N) is 2. The molecule has 1 aliphatic heterocycles. The summed E-state index contributed by atoms with van der Waals surface area (Å²) in [5.41, 5.74) is 1.72. The van der Waals surface area contributed by atoms with Gasteiger partial charge >= 0.3 is 6.09 Å². The number of cyclic esters (lactones) is 1. The molecule has 3 atom stereocenters. The number of thiazole rings is 1. The summed E-state index contributed by atoms with van der Waals surface area (Å²) < 4.78 is 21.2. The van der Waals surface area contributed by atoms with Crippen molar-refractivity contribution in [1.29, 1.82) is 0 Å². The van der Waals surface area contributed by atoms with Crippen LogP contribution in [-0.4, -0.2) is 27.6 Å². The third-order valence-corrected chi connectivity index (χ3v) is 5.26. The summed E-state index contributed by atoms with van der Waals surface area (Å²) in [6.45, 7) is 3.78. The van der Waals surface area contributed by atoms with Crippen molar-refractivity contribution in [2.45, 2.75) is 30.9 Å². The van der Waals surface area contributed by atoms with Gasteiger partial charge in [0.1, 0.15) is 17.2 Å². The lowest BCUT2D eigenvalue weighted by molar-refractivity contribution is 0.141. The quantitative estimate of drug-likeness (QED) is 0.861. The fourth-order valence-electron chi connectivity index (χ4n) is 2.10. The van der Waals surface area contributed by atoms with Crippen LogP contribution in [-0.2, 0) is 15.7 Å². The van der Waals surface area contributed by atoms with E-state index in [0.29, 0.717) is 10.6 Å². The fraction of sp³-hybridized carbons (Fsp3) is 0.267. The summed E-state index contributed by atoms with van der Waals surface area (Å²) in [5, 5.41) is 5.26. The number of benzene rings is 1. The van der Waals surface area contributed by atoms with Crippen LogP contribution < -0.4 is 5.32 Å². The number of aryl methyl sites for hydroxylation is 1. The van der Waals surface area contributed by atoms with E-state index in [-0.39, 0.29) is 12.1 Å². The zero-order valence-corrected chi connectivity index (χ0v) is 14.2. The number of ether oxygens (including phenoxy) is 1. The van der Waals surface area contributed by atoms with Gasteiger partial charge in [-0.05, 0) is 26.0 Å². The topological polar surface area (TPSA) is 80.7 Å². The van der Waals surface area contributed by atoms with Crippen LogP contribution in [0.1, 0.15) is 29.2 Å². The van der Waals surface area contributed by atoms with E-state index in [1.165, 1.54) is 17.6 Å². The molecule has 3 rings (SSSR count). The molecule has 6 nitrogen and oxygen atoms in total. The molecule has 8 heteroatoms. The Balaban J connectivity index is 1.70. The molecular formula is C15H15N3O3S2. The molecule has 0 saturated carbocycles. The van der Waals surface area contributed by atoms with Crippen molar-refractivity contribution in [1.82, 2.24) is 10.3 Å². The summed E-state index contributed by atoms with van der Waals surface area (Å²) >= 11 is 1.41. The average Bonchev–Trinajstić information content (AvgIpc) is 3.11. The first kappa shape index (κ1) is 15.8. The number of hydrogen-bond acceptors (Lipinski definition) is 5. The van der Waals surface area contributed by atoms with Gasteiger partial charge in [-0.3, -0.25) is 0 Å². The molecule has 0 spiro atoms. The molecule has 1 saturated heterocycles. The molecule has 2 aromatic rings. The van der Waals surface area contributed by atoms with Crippen molar-refractivity contribution in [3.05, 3.63) is 45.9 Å². The summed E-state index contributed by atoms with van der Waals surface area (Å²) in [4.78, 5) is 16.3. The predicted octanol–water partition coefficient (Wildman–Crippen LogP) is 2.76. The van der Waals surface area contributed by atoms with Gasteiger partial charge in [-0.1, -0.05) is 17.7 Å². The lowest BCUT2D eigenvalue weighted by Gasteiger charge is -2.08. The number of nitrogens with one attached hydrogen (secondary N) is 1. The fourth-order valence-corrected chi connectivity index (χ4v) is 3.70. The average molecular weight is 349 g/mol. The van der Waals surface area contributed by atoms with Gasteiger partial charge in [-0.15, -0.1) is 11.3 Å². The lowest BCUT2D eigenvalue weighted by atomic mass is 10.2. The Morgan fingerprint density at radius 3 is 2.78 bits per heavy atom. The van der Waals surface area contributed by atoms with E-state index in [1.807, 2.05) is 31.4 Å². The summed E-state index contributed by atoms with van der Waals surface area (Å²) in [5.74, 6) is 0. The van der Waals surface area contributed by atoms with Crippen LogP contribution in [0.5, 0.6) is 0 Å². The van der Waals surface area contributed by atoms with Gasteiger partial charge in [0, 0.05) is 5.38 Å². The Hall–Kier alpha value is -2.06. The highest BCUT2D eigenvalue weighted by Crippen LogP contribution is 2.26. The van der Waals surface area contributed by atoms with Gasteiger partial charge in [0.2, 0.25) is 0 Å². The molecule has 1 fully saturated rings. The van der Waals surface area contributed by atoms with Gasteiger partial charge in [-0.25, -0.2) is 14.0 Å². The van der Waals surface area contributed by atoms with E-state index >= 15 is 0 Å². The monoisotopic (exact) mass is 349 g/mol. The molecule has 0 bridgehead atoms. The number of hydrogen-bond donors (Lipinski definition) is 1. The third-order valence-electron chi connectivity index (χ3n) is 3.34. The van der Waals surface area contributed by atoms with E-state index in [9.17, 15) is 9.00 Å². The molecular weight excluding hydrogens is 334 g/mol. The maximum Gasteiger partial charge on any atom is 0.408 e. The Bertz CT molecular complexity index is 771. The number of carbonyl (C=O) groups excluding carboxylic acids is 1. The van der Waals surface area contributed by atoms with E-state index < -0.39 is 17.1 Å². The van der Waals surface area contributed by atoms with Crippen LogP contribution in [0.3, 0.4) is 0 Å². The molecule has 1 aliphatic rings. The highest BCUT2D eigenvalue weighted by Gasteiger charge is 2.33. The van der Waals surface area contributed by atoms with Crippen LogP contribution >= 0.6 is 11.3 Å². The van der Waals surface area contributed by atoms with Crippen molar-refractivity contribution < 1.29 is 13.7 Å². The molecule has 1 N–H and O–H groups in total. The first-order valence-electron chi connectivity index (χ1n) is 6.98. The van der Waals surface area contributed by atoms with Gasteiger partial charge < -0.3 is 10.1 Å². The second-order valence-corrected chi connectivity index (χ2v) is 7.21. The SMILES string of the molecule is Cc1ccc(S(=O)/N=C/c2csc([C@H]3NC(=O)O[C@@H]3C)n2)cc1. The van der Waals surface area contributed by atoms with Crippen LogP contribution in [0.15, 0.2) is 38.9 Å². The van der Waals surface area contributed by atoms with Crippen LogP contribution in [0.2, 0.25) is 0 Å². The van der Waals surface area contributed by atoms with Crippen molar-refractivity contribution in [2.24, 2.45) is 4.40 Å². The Kier molecular flexibility index (Phi) is 4.53. The van der Waals surface area contributed by atoms with E-state index in [4.69, 9.17) is 4.74 Å². The normalized spacial score (nSPS) is 22.1. The summed E-state index contributed by atoms with van der Waals surface area (Å²) in [6.07, 6.45) is 0.784. The Morgan fingerprint density at radius 2 is 2.13 bits per heavy atom. The molecule has 120 valence electrons. The Morgan fingerprint density at radius 1 is 1.39 bits per heavy atom. The highest BCUT2D eigenvalue weighted by atomic mass is 32.2. The zero-order valence-electron chi connectivity index (χ0n) is 12.6. The minimum absolute atomic E-state index is 0.253. The predicted molar refractivity (Wildman–Crippen MR) is 89.1 cm³/mol. The van der Waals surface area contributed by atoms with Crippen molar-refractivity contribution in [3.63, 3.8) is 0 Å². The number of alkyl carbamates (subject to hydrolysis) is 1. The largest absolute Gasteiger partial charge is 0.444 e. The zero-order chi connectivity index (χ0) is 16.4. The second kappa shape index (κ2) is 6.59. The highest BCUT2D eigenvalue weighted by molar-refractivity contribution is 7.83. The summed E-state index contributed by atoms with van der Waals surface area (Å²) in [6, 6.07) is 7.13. The van der Waals surface area contributed by atoms with Gasteiger partial charge in [0.25, 0.3) is 0 Å². The number of rotatable bonds is 4. The first-order chi connectivity index (χ1) is 11.0. The van der Waals surface area contributed by atoms with E-state index in [2.05, 4.69) is 14.7 Å². The minimum atomic E-state index is -1.46. The standard InChI is InChI=1S/C15H15N3O3S2/c1-9-3-5-12(6-4-9)23(20)16-7-11-8-22-14(17-11)13-10(2)21-15(19)18-13/h3-8,10,13H,1-2H3,(H,18,19)/b16-7+/t10-,13+,23?/m1/s1. The molecule has 0 aliphatic carbocycles. The van der Waals surface area contributed by atoms with Crippen LogP contribution in [0.4, 0.5) is 4.79 Å². The molecule has 1 aromatic heterocycles. The summed E-state index contributed by atoms with van der Waals surface area (Å²) in [7, 11) is -1.46. The van der Waals surface area contributed by atoms with Crippen LogP contribution in [0, 0.1) is 6.92 Å². The molecule has 23 heavy (non-hydrogen) atoms. The van der Waals surface area contributed by atoms with Gasteiger partial charge in [0.15, 0.2) is 11.0 Å². The van der Waals surface area contributed by atoms with Crippen LogP contribution in [0.25, 0.3) is 0 Å². The lowest BCUT2D eigenvalue weighted by Crippen LogP contribution is -2.20. The second-order valence-electron chi connectivity index (χ2n) is 5.14. The Labute approximate surface area is 140 Å². The number of carbonyl (C=O) groups is 1. The minimum Gasteiger partial charge on any atom is -0.444 e. The van der Waals surface area contributed by atoms with E-state index in [1.54, 1.807) is 12.1 Å². The van der Waals surface area contributed by atoms with Crippen molar-refractivity contribution in [2.75, 3.05) is 0 Å². The van der Waals surface area contributed by atoms with Gasteiger partial charge in [0.05, 0.1) is 16.8 Å². The molecule has 0 radical (unpaired) electrons. The maximum atomic E-state index is 12.1. The smallest absolute Gasteiger partial charge is 0.408 e. The third kappa shape index (κ3) is 3.65. The van der Waals surface area contributed by atoms with Crippen molar-refractivity contribution >= 4 is 34.6 Å².